The Morgan fingerprint density at radius 2 is 2.00 bits per heavy atom. The zero-order valence-corrected chi connectivity index (χ0v) is 12.4. The third-order valence-electron chi connectivity index (χ3n) is 2.28. The highest BCUT2D eigenvalue weighted by Gasteiger charge is 2.08. The van der Waals surface area contributed by atoms with Crippen molar-refractivity contribution in [1.29, 1.82) is 0 Å². The molecule has 0 saturated carbocycles. The second-order valence-corrected chi connectivity index (χ2v) is 5.14. The van der Waals surface area contributed by atoms with Gasteiger partial charge >= 0.3 is 0 Å². The molecule has 1 atom stereocenters. The van der Waals surface area contributed by atoms with Crippen LogP contribution >= 0.6 is 15.9 Å². The largest absolute Gasteiger partial charge is 0.497 e. The van der Waals surface area contributed by atoms with Gasteiger partial charge in [-0.15, -0.1) is 0 Å². The Kier molecular flexibility index (Phi) is 5.78. The molecule has 0 aliphatic rings. The Bertz CT molecular complexity index is 355. The minimum Gasteiger partial charge on any atom is -0.497 e. The van der Waals surface area contributed by atoms with E-state index in [0.717, 1.165) is 22.5 Å². The van der Waals surface area contributed by atoms with Crippen LogP contribution in [0, 0.1) is 0 Å². The van der Waals surface area contributed by atoms with Crippen molar-refractivity contribution in [3.8, 4) is 11.5 Å². The van der Waals surface area contributed by atoms with Gasteiger partial charge in [0.1, 0.15) is 17.6 Å². The van der Waals surface area contributed by atoms with Crippen molar-refractivity contribution in [2.75, 3.05) is 13.7 Å². The average molecular weight is 302 g/mol. The van der Waals surface area contributed by atoms with E-state index in [1.807, 2.05) is 25.1 Å². The lowest BCUT2D eigenvalue weighted by atomic mass is 10.3. The first kappa shape index (κ1) is 14.3. The van der Waals surface area contributed by atoms with E-state index in [4.69, 9.17) is 9.47 Å². The van der Waals surface area contributed by atoms with E-state index in [1.165, 1.54) is 0 Å². The average Bonchev–Trinajstić information content (AvgIpc) is 2.29. The Hall–Kier alpha value is -0.740. The number of halogens is 1. The van der Waals surface area contributed by atoms with Crippen molar-refractivity contribution < 1.29 is 9.47 Å². The van der Waals surface area contributed by atoms with E-state index in [9.17, 15) is 0 Å². The Morgan fingerprint density at radius 3 is 2.53 bits per heavy atom. The Labute approximate surface area is 112 Å². The number of ether oxygens (including phenoxy) is 2. The number of benzene rings is 1. The normalized spacial score (nSPS) is 12.6. The molecular weight excluding hydrogens is 282 g/mol. The predicted molar refractivity (Wildman–Crippen MR) is 73.9 cm³/mol. The van der Waals surface area contributed by atoms with Gasteiger partial charge in [-0.3, -0.25) is 0 Å². The molecular formula is C13H20BrNO2. The van der Waals surface area contributed by atoms with Crippen LogP contribution in [-0.2, 0) is 0 Å². The summed E-state index contributed by atoms with van der Waals surface area (Å²) in [6.07, 6.45) is 0.127. The van der Waals surface area contributed by atoms with Crippen molar-refractivity contribution in [3.63, 3.8) is 0 Å². The summed E-state index contributed by atoms with van der Waals surface area (Å²) in [5.41, 5.74) is 0. The van der Waals surface area contributed by atoms with Crippen molar-refractivity contribution in [3.05, 3.63) is 22.7 Å². The molecule has 0 saturated heterocycles. The maximum Gasteiger partial charge on any atom is 0.134 e. The molecule has 1 aromatic rings. The van der Waals surface area contributed by atoms with Gasteiger partial charge < -0.3 is 14.8 Å². The minimum absolute atomic E-state index is 0.127. The van der Waals surface area contributed by atoms with Crippen LogP contribution in [0.25, 0.3) is 0 Å². The summed E-state index contributed by atoms with van der Waals surface area (Å²) in [5.74, 6) is 1.65. The fourth-order valence-electron chi connectivity index (χ4n) is 1.36. The van der Waals surface area contributed by atoms with Gasteiger partial charge in [0.2, 0.25) is 0 Å². The maximum atomic E-state index is 5.83. The molecule has 0 amide bonds. The molecule has 1 unspecified atom stereocenters. The molecule has 0 bridgehead atoms. The van der Waals surface area contributed by atoms with Crippen molar-refractivity contribution in [1.82, 2.24) is 5.32 Å². The first-order valence-corrected chi connectivity index (χ1v) is 6.55. The first-order chi connectivity index (χ1) is 8.02. The van der Waals surface area contributed by atoms with E-state index in [1.54, 1.807) is 7.11 Å². The van der Waals surface area contributed by atoms with Crippen LogP contribution in [0.4, 0.5) is 0 Å². The fraction of sp³-hybridized carbons (Fsp3) is 0.538. The monoisotopic (exact) mass is 301 g/mol. The molecule has 0 aromatic heterocycles. The van der Waals surface area contributed by atoms with Gasteiger partial charge in [0, 0.05) is 12.6 Å². The van der Waals surface area contributed by atoms with Gasteiger partial charge in [-0.1, -0.05) is 13.8 Å². The second-order valence-electron chi connectivity index (χ2n) is 4.29. The molecule has 3 nitrogen and oxygen atoms in total. The van der Waals surface area contributed by atoms with Crippen LogP contribution in [0.1, 0.15) is 20.8 Å². The van der Waals surface area contributed by atoms with Crippen LogP contribution in [-0.4, -0.2) is 25.8 Å². The lowest BCUT2D eigenvalue weighted by Gasteiger charge is -2.18. The molecule has 96 valence electrons. The summed E-state index contributed by atoms with van der Waals surface area (Å²) in [4.78, 5) is 0. The number of methoxy groups -OCH3 is 1. The zero-order chi connectivity index (χ0) is 12.8. The van der Waals surface area contributed by atoms with Crippen LogP contribution < -0.4 is 14.8 Å². The van der Waals surface area contributed by atoms with Gasteiger partial charge in [-0.2, -0.15) is 0 Å². The number of rotatable bonds is 6. The van der Waals surface area contributed by atoms with E-state index >= 15 is 0 Å². The third kappa shape index (κ3) is 4.96. The molecule has 0 spiro atoms. The summed E-state index contributed by atoms with van der Waals surface area (Å²) < 4.78 is 11.9. The highest BCUT2D eigenvalue weighted by atomic mass is 79.9. The summed E-state index contributed by atoms with van der Waals surface area (Å²) in [6, 6.07) is 6.18. The summed E-state index contributed by atoms with van der Waals surface area (Å²) >= 11 is 3.47. The Balaban J connectivity index is 2.56. The highest BCUT2D eigenvalue weighted by Crippen LogP contribution is 2.29. The molecule has 1 N–H and O–H groups in total. The maximum absolute atomic E-state index is 5.83. The molecule has 0 fully saturated rings. The van der Waals surface area contributed by atoms with Gasteiger partial charge in [0.05, 0.1) is 11.6 Å². The topological polar surface area (TPSA) is 30.5 Å². The Morgan fingerprint density at radius 1 is 1.29 bits per heavy atom. The number of hydrogen-bond donors (Lipinski definition) is 1. The van der Waals surface area contributed by atoms with Crippen LogP contribution in [0.5, 0.6) is 11.5 Å². The fourth-order valence-corrected chi connectivity index (χ4v) is 1.82. The SMILES string of the molecule is COc1ccc(OC(C)CNC(C)C)c(Br)c1. The van der Waals surface area contributed by atoms with E-state index in [0.29, 0.717) is 6.04 Å². The highest BCUT2D eigenvalue weighted by molar-refractivity contribution is 9.10. The summed E-state index contributed by atoms with van der Waals surface area (Å²) in [6.45, 7) is 7.12. The smallest absolute Gasteiger partial charge is 0.134 e. The van der Waals surface area contributed by atoms with Crippen molar-refractivity contribution in [2.24, 2.45) is 0 Å². The third-order valence-corrected chi connectivity index (χ3v) is 2.90. The second kappa shape index (κ2) is 6.87. The molecule has 0 radical (unpaired) electrons. The molecule has 1 rings (SSSR count). The van der Waals surface area contributed by atoms with Crippen molar-refractivity contribution >= 4 is 15.9 Å². The molecule has 1 aromatic carbocycles. The lowest BCUT2D eigenvalue weighted by molar-refractivity contribution is 0.212. The summed E-state index contributed by atoms with van der Waals surface area (Å²) in [5, 5.41) is 3.34. The van der Waals surface area contributed by atoms with Gasteiger partial charge in [-0.05, 0) is 41.1 Å². The van der Waals surface area contributed by atoms with E-state index in [-0.39, 0.29) is 6.10 Å². The van der Waals surface area contributed by atoms with Gasteiger partial charge in [0.15, 0.2) is 0 Å². The van der Waals surface area contributed by atoms with Crippen LogP contribution in [0.15, 0.2) is 22.7 Å². The molecule has 0 aliphatic carbocycles. The lowest BCUT2D eigenvalue weighted by Crippen LogP contribution is -2.33. The number of nitrogens with one attached hydrogen (secondary N) is 1. The van der Waals surface area contributed by atoms with Crippen LogP contribution in [0.3, 0.4) is 0 Å². The molecule has 17 heavy (non-hydrogen) atoms. The predicted octanol–water partition coefficient (Wildman–Crippen LogP) is 3.22. The van der Waals surface area contributed by atoms with E-state index < -0.39 is 0 Å². The van der Waals surface area contributed by atoms with Crippen LogP contribution in [0.2, 0.25) is 0 Å². The van der Waals surface area contributed by atoms with Gasteiger partial charge in [0.25, 0.3) is 0 Å². The van der Waals surface area contributed by atoms with E-state index in [2.05, 4.69) is 35.1 Å². The molecule has 4 heteroatoms. The zero-order valence-electron chi connectivity index (χ0n) is 10.8. The van der Waals surface area contributed by atoms with Crippen molar-refractivity contribution in [2.45, 2.75) is 32.9 Å². The minimum atomic E-state index is 0.127. The first-order valence-electron chi connectivity index (χ1n) is 5.76. The standard InChI is InChI=1S/C13H20BrNO2/c1-9(2)15-8-10(3)17-13-6-5-11(16-4)7-12(13)14/h5-7,9-10,15H,8H2,1-4H3. The quantitative estimate of drug-likeness (QED) is 0.875. The molecule has 0 aliphatic heterocycles. The summed E-state index contributed by atoms with van der Waals surface area (Å²) in [7, 11) is 1.65. The van der Waals surface area contributed by atoms with Gasteiger partial charge in [-0.25, -0.2) is 0 Å². The molecule has 0 heterocycles. The number of hydrogen-bond acceptors (Lipinski definition) is 3.